The number of ether oxygens (including phenoxy) is 1. The van der Waals surface area contributed by atoms with Crippen LogP contribution in [-0.2, 0) is 10.9 Å². The van der Waals surface area contributed by atoms with E-state index in [2.05, 4.69) is 5.32 Å². The maximum atomic E-state index is 13.9. The summed E-state index contributed by atoms with van der Waals surface area (Å²) in [5.74, 6) is -4.29. The van der Waals surface area contributed by atoms with Gasteiger partial charge in [0.25, 0.3) is 5.91 Å². The number of benzene rings is 2. The summed E-state index contributed by atoms with van der Waals surface area (Å²) in [4.78, 5) is 11.8. The second-order valence-electron chi connectivity index (χ2n) is 7.11. The van der Waals surface area contributed by atoms with Crippen molar-refractivity contribution in [2.45, 2.75) is 18.4 Å². The Labute approximate surface area is 185 Å². The third-order valence-electron chi connectivity index (χ3n) is 5.06. The van der Waals surface area contributed by atoms with E-state index >= 15 is 0 Å². The molecule has 1 heterocycles. The van der Waals surface area contributed by atoms with Crippen molar-refractivity contribution in [3.63, 3.8) is 0 Å². The van der Waals surface area contributed by atoms with Gasteiger partial charge in [-0.15, -0.1) is 0 Å². The van der Waals surface area contributed by atoms with E-state index in [0.717, 1.165) is 12.1 Å². The van der Waals surface area contributed by atoms with Crippen molar-refractivity contribution in [2.24, 2.45) is 0 Å². The van der Waals surface area contributed by atoms with E-state index in [0.29, 0.717) is 5.56 Å². The highest BCUT2D eigenvalue weighted by Gasteiger charge is 2.41. The van der Waals surface area contributed by atoms with Crippen LogP contribution in [0.4, 0.5) is 13.2 Å². The molecule has 6 N–H and O–H groups in total. The van der Waals surface area contributed by atoms with E-state index in [1.54, 1.807) is 0 Å². The molecule has 2 aromatic rings. The summed E-state index contributed by atoms with van der Waals surface area (Å²) in [6, 6.07) is 8.94. The Morgan fingerprint density at radius 1 is 1.09 bits per heavy atom. The Balaban J connectivity index is 2.07. The molecule has 33 heavy (non-hydrogen) atoms. The first-order chi connectivity index (χ1) is 15.5. The van der Waals surface area contributed by atoms with Crippen LogP contribution in [0.25, 0.3) is 11.1 Å². The lowest BCUT2D eigenvalue weighted by Gasteiger charge is -2.30. The predicted molar refractivity (Wildman–Crippen MR) is 109 cm³/mol. The molecule has 0 saturated carbocycles. The minimum atomic E-state index is -4.93. The van der Waals surface area contributed by atoms with Crippen molar-refractivity contribution in [3.05, 3.63) is 82.2 Å². The predicted octanol–water partition coefficient (Wildman–Crippen LogP) is 3.25. The first-order valence-corrected chi connectivity index (χ1v) is 9.53. The smallest absolute Gasteiger partial charge is 0.416 e. The number of aliphatic hydroxyl groups excluding tert-OH is 5. The standard InChI is InChI=1S/C22H20F3NO7/c1-26-21(32)12-4-2-3-10(7-12)11-5-6-13(14(8-11)22(23,24)25)16(28)20-19(31)18(30)17(29)15(9-27)33-20/h2-8,16,20,27-31H,9H2,1H3,(H,26,32)/t16-,20-/m1/s1. The molecular weight excluding hydrogens is 447 g/mol. The van der Waals surface area contributed by atoms with Crippen molar-refractivity contribution < 1.29 is 48.2 Å². The molecule has 2 aromatic carbocycles. The van der Waals surface area contributed by atoms with Gasteiger partial charge in [0.15, 0.2) is 17.6 Å². The lowest BCUT2D eigenvalue weighted by Crippen LogP contribution is -2.31. The number of amides is 1. The normalized spacial score (nSPS) is 17.6. The van der Waals surface area contributed by atoms with Gasteiger partial charge in [-0.05, 0) is 34.9 Å². The molecule has 0 unspecified atom stereocenters. The van der Waals surface area contributed by atoms with Crippen LogP contribution in [0.5, 0.6) is 0 Å². The third-order valence-corrected chi connectivity index (χ3v) is 5.06. The molecule has 0 aromatic heterocycles. The molecule has 1 aliphatic heterocycles. The number of carbonyl (C=O) groups excluding carboxylic acids is 1. The summed E-state index contributed by atoms with van der Waals surface area (Å²) in [5, 5.41) is 51.7. The average Bonchev–Trinajstić information content (AvgIpc) is 2.81. The molecule has 1 aliphatic rings. The van der Waals surface area contributed by atoms with Crippen molar-refractivity contribution in [1.82, 2.24) is 5.32 Å². The SMILES string of the molecule is CNC(=O)c1cccc(-c2ccc([C@@H](O)[C@H]3OC(CO)=C(O)C(O)=C3O)c(C(F)(F)F)c2)c1. The van der Waals surface area contributed by atoms with E-state index in [1.165, 1.54) is 37.4 Å². The lowest BCUT2D eigenvalue weighted by molar-refractivity contribution is -0.140. The fourth-order valence-corrected chi connectivity index (χ4v) is 3.37. The van der Waals surface area contributed by atoms with Gasteiger partial charge in [-0.25, -0.2) is 0 Å². The third kappa shape index (κ3) is 4.59. The number of halogens is 3. The number of nitrogens with one attached hydrogen (secondary N) is 1. The molecule has 11 heteroatoms. The summed E-state index contributed by atoms with van der Waals surface area (Å²) in [5.41, 5.74) is -1.29. The Morgan fingerprint density at radius 3 is 2.36 bits per heavy atom. The fraction of sp³-hybridized carbons (Fsp3) is 0.227. The molecule has 0 radical (unpaired) electrons. The summed E-state index contributed by atoms with van der Waals surface area (Å²) >= 11 is 0. The molecule has 1 amide bonds. The Kier molecular flexibility index (Phi) is 6.56. The summed E-state index contributed by atoms with van der Waals surface area (Å²) in [6.45, 7) is -0.945. The molecule has 0 spiro atoms. The minimum Gasteiger partial charge on any atom is -0.505 e. The lowest BCUT2D eigenvalue weighted by atomic mass is 9.92. The number of carbonyl (C=O) groups is 1. The monoisotopic (exact) mass is 467 g/mol. The van der Waals surface area contributed by atoms with Crippen LogP contribution < -0.4 is 5.32 Å². The number of hydrogen-bond donors (Lipinski definition) is 6. The summed E-state index contributed by atoms with van der Waals surface area (Å²) in [7, 11) is 1.42. The van der Waals surface area contributed by atoms with E-state index in [4.69, 9.17) is 4.74 Å². The van der Waals surface area contributed by atoms with Crippen molar-refractivity contribution >= 4 is 5.91 Å². The topological polar surface area (TPSA) is 139 Å². The molecule has 176 valence electrons. The first kappa shape index (κ1) is 24.0. The van der Waals surface area contributed by atoms with Gasteiger partial charge in [0.05, 0.1) is 5.56 Å². The second-order valence-corrected chi connectivity index (χ2v) is 7.11. The zero-order valence-electron chi connectivity index (χ0n) is 17.1. The fourth-order valence-electron chi connectivity index (χ4n) is 3.37. The van der Waals surface area contributed by atoms with Gasteiger partial charge in [-0.1, -0.05) is 24.3 Å². The maximum absolute atomic E-state index is 13.9. The Bertz CT molecular complexity index is 1140. The Morgan fingerprint density at radius 2 is 1.76 bits per heavy atom. The van der Waals surface area contributed by atoms with Crippen molar-refractivity contribution in [3.8, 4) is 11.1 Å². The minimum absolute atomic E-state index is 0.102. The average molecular weight is 467 g/mol. The Hall–Kier alpha value is -3.70. The number of aliphatic hydroxyl groups is 5. The van der Waals surface area contributed by atoms with Crippen LogP contribution in [0.3, 0.4) is 0 Å². The van der Waals surface area contributed by atoms with E-state index < -0.39 is 65.1 Å². The summed E-state index contributed by atoms with van der Waals surface area (Å²) in [6.07, 6.45) is -8.99. The van der Waals surface area contributed by atoms with E-state index in [-0.39, 0.29) is 11.1 Å². The van der Waals surface area contributed by atoms with E-state index in [1.807, 2.05) is 0 Å². The van der Waals surface area contributed by atoms with Gasteiger partial charge < -0.3 is 35.6 Å². The first-order valence-electron chi connectivity index (χ1n) is 9.53. The molecule has 2 atom stereocenters. The highest BCUT2D eigenvalue weighted by Crippen LogP contribution is 2.41. The molecule has 0 bridgehead atoms. The molecule has 0 aliphatic carbocycles. The molecule has 0 saturated heterocycles. The molecule has 3 rings (SSSR count). The van der Waals surface area contributed by atoms with Crippen molar-refractivity contribution in [1.29, 1.82) is 0 Å². The molecule has 0 fully saturated rings. The van der Waals surface area contributed by atoms with Crippen LogP contribution in [-0.4, -0.2) is 51.2 Å². The zero-order chi connectivity index (χ0) is 24.5. The van der Waals surface area contributed by atoms with Gasteiger partial charge in [0, 0.05) is 12.6 Å². The second kappa shape index (κ2) is 9.04. The van der Waals surface area contributed by atoms with Crippen LogP contribution in [0, 0.1) is 0 Å². The van der Waals surface area contributed by atoms with Crippen molar-refractivity contribution in [2.75, 3.05) is 13.7 Å². The van der Waals surface area contributed by atoms with Crippen LogP contribution in [0.2, 0.25) is 0 Å². The molecular formula is C22H20F3NO7. The number of alkyl halides is 3. The molecule has 8 nitrogen and oxygen atoms in total. The van der Waals surface area contributed by atoms with Gasteiger partial charge >= 0.3 is 6.18 Å². The van der Waals surface area contributed by atoms with E-state index in [9.17, 15) is 43.5 Å². The van der Waals surface area contributed by atoms with Gasteiger partial charge in [0.1, 0.15) is 12.7 Å². The van der Waals surface area contributed by atoms with Gasteiger partial charge in [-0.2, -0.15) is 13.2 Å². The summed E-state index contributed by atoms with van der Waals surface area (Å²) < 4.78 is 46.7. The maximum Gasteiger partial charge on any atom is 0.416 e. The zero-order valence-corrected chi connectivity index (χ0v) is 17.1. The van der Waals surface area contributed by atoms with Crippen LogP contribution in [0.1, 0.15) is 27.6 Å². The number of rotatable bonds is 5. The van der Waals surface area contributed by atoms with Gasteiger partial charge in [0.2, 0.25) is 11.5 Å². The number of hydrogen-bond acceptors (Lipinski definition) is 7. The van der Waals surface area contributed by atoms with Gasteiger partial charge in [-0.3, -0.25) is 4.79 Å². The van der Waals surface area contributed by atoms with Crippen LogP contribution >= 0.6 is 0 Å². The highest BCUT2D eigenvalue weighted by atomic mass is 19.4. The van der Waals surface area contributed by atoms with Crippen LogP contribution in [0.15, 0.2) is 65.5 Å². The highest BCUT2D eigenvalue weighted by molar-refractivity contribution is 5.95. The largest absolute Gasteiger partial charge is 0.505 e. The quantitative estimate of drug-likeness (QED) is 0.397.